The van der Waals surface area contributed by atoms with Gasteiger partial charge in [-0.2, -0.15) is 0 Å². The van der Waals surface area contributed by atoms with E-state index in [4.69, 9.17) is 10.5 Å². The van der Waals surface area contributed by atoms with E-state index in [1.165, 1.54) is 0 Å². The van der Waals surface area contributed by atoms with Crippen LogP contribution in [0, 0.1) is 0 Å². The maximum Gasteiger partial charge on any atom is 0.231 e. The van der Waals surface area contributed by atoms with Crippen LogP contribution in [-0.4, -0.2) is 56.7 Å². The Bertz CT molecular complexity index is 157. The average molecular weight is 187 g/mol. The Kier molecular flexibility index (Phi) is 4.74. The highest BCUT2D eigenvalue weighted by molar-refractivity contribution is 5.75. The second-order valence-corrected chi connectivity index (χ2v) is 3.10. The van der Waals surface area contributed by atoms with Crippen LogP contribution in [0.3, 0.4) is 0 Å². The fraction of sp³-hybridized carbons (Fsp3) is 0.875. The molecule has 5 heteroatoms. The summed E-state index contributed by atoms with van der Waals surface area (Å²) in [7, 11) is 0. The van der Waals surface area contributed by atoms with E-state index in [0.717, 1.165) is 39.4 Å². The number of carbonyl (C=O) groups excluding carboxylic acids is 1. The van der Waals surface area contributed by atoms with Crippen LogP contribution in [-0.2, 0) is 9.53 Å². The van der Waals surface area contributed by atoms with E-state index in [1.54, 1.807) is 0 Å². The molecule has 1 aliphatic rings. The fourth-order valence-electron chi connectivity index (χ4n) is 1.27. The third-order valence-electron chi connectivity index (χ3n) is 2.01. The Morgan fingerprint density at radius 3 is 2.77 bits per heavy atom. The maximum absolute atomic E-state index is 10.4. The van der Waals surface area contributed by atoms with Crippen LogP contribution < -0.4 is 11.1 Å². The van der Waals surface area contributed by atoms with Crippen molar-refractivity contribution in [3.63, 3.8) is 0 Å². The highest BCUT2D eigenvalue weighted by Gasteiger charge is 2.08. The lowest BCUT2D eigenvalue weighted by atomic mass is 10.4. The van der Waals surface area contributed by atoms with Gasteiger partial charge in [0.25, 0.3) is 0 Å². The van der Waals surface area contributed by atoms with Crippen LogP contribution in [0.2, 0.25) is 0 Å². The first kappa shape index (κ1) is 10.4. The van der Waals surface area contributed by atoms with Crippen molar-refractivity contribution >= 4 is 5.91 Å². The van der Waals surface area contributed by atoms with Crippen molar-refractivity contribution in [3.05, 3.63) is 0 Å². The molecule has 0 aromatic heterocycles. The number of primary amides is 1. The number of nitrogens with two attached hydrogens (primary N) is 1. The Hall–Kier alpha value is -0.650. The van der Waals surface area contributed by atoms with Gasteiger partial charge in [0.15, 0.2) is 0 Å². The zero-order chi connectivity index (χ0) is 9.52. The van der Waals surface area contributed by atoms with E-state index < -0.39 is 0 Å². The van der Waals surface area contributed by atoms with Gasteiger partial charge in [0.2, 0.25) is 5.91 Å². The van der Waals surface area contributed by atoms with Crippen molar-refractivity contribution in [2.75, 3.05) is 45.9 Å². The monoisotopic (exact) mass is 187 g/mol. The smallest absolute Gasteiger partial charge is 0.231 e. The Morgan fingerprint density at radius 2 is 2.15 bits per heavy atom. The summed E-state index contributed by atoms with van der Waals surface area (Å²) in [5, 5.41) is 2.98. The number of hydrogen-bond donors (Lipinski definition) is 2. The van der Waals surface area contributed by atoms with E-state index >= 15 is 0 Å². The molecule has 0 radical (unpaired) electrons. The van der Waals surface area contributed by atoms with E-state index in [2.05, 4.69) is 10.2 Å². The largest absolute Gasteiger partial charge is 0.379 e. The topological polar surface area (TPSA) is 67.6 Å². The van der Waals surface area contributed by atoms with Crippen LogP contribution in [0.5, 0.6) is 0 Å². The van der Waals surface area contributed by atoms with E-state index in [9.17, 15) is 4.79 Å². The highest BCUT2D eigenvalue weighted by Crippen LogP contribution is 1.94. The summed E-state index contributed by atoms with van der Waals surface area (Å²) in [6.45, 7) is 5.63. The van der Waals surface area contributed by atoms with Crippen molar-refractivity contribution < 1.29 is 9.53 Å². The van der Waals surface area contributed by atoms with Crippen LogP contribution in [0.25, 0.3) is 0 Å². The van der Waals surface area contributed by atoms with Crippen LogP contribution >= 0.6 is 0 Å². The van der Waals surface area contributed by atoms with Crippen LogP contribution in [0.4, 0.5) is 0 Å². The minimum Gasteiger partial charge on any atom is -0.379 e. The molecule has 1 heterocycles. The third-order valence-corrected chi connectivity index (χ3v) is 2.01. The summed E-state index contributed by atoms with van der Waals surface area (Å²) in [6.07, 6.45) is 0. The predicted molar refractivity (Wildman–Crippen MR) is 49.3 cm³/mol. The lowest BCUT2D eigenvalue weighted by Crippen LogP contribution is -2.41. The van der Waals surface area contributed by atoms with Crippen LogP contribution in [0.1, 0.15) is 0 Å². The summed E-state index contributed by atoms with van der Waals surface area (Å²) in [6, 6.07) is 0. The molecule has 1 fully saturated rings. The first-order chi connectivity index (χ1) is 6.29. The van der Waals surface area contributed by atoms with Crippen molar-refractivity contribution in [1.82, 2.24) is 10.2 Å². The lowest BCUT2D eigenvalue weighted by Gasteiger charge is -2.26. The second kappa shape index (κ2) is 5.90. The summed E-state index contributed by atoms with van der Waals surface area (Å²) >= 11 is 0. The Labute approximate surface area is 78.2 Å². The minimum absolute atomic E-state index is 0.268. The van der Waals surface area contributed by atoms with Crippen molar-refractivity contribution in [1.29, 1.82) is 0 Å². The van der Waals surface area contributed by atoms with Crippen LogP contribution in [0.15, 0.2) is 0 Å². The fourth-order valence-corrected chi connectivity index (χ4v) is 1.27. The van der Waals surface area contributed by atoms with Gasteiger partial charge in [0.1, 0.15) is 0 Å². The number of amides is 1. The Balaban J connectivity index is 1.95. The molecule has 0 saturated carbocycles. The average Bonchev–Trinajstić information content (AvgIpc) is 2.14. The van der Waals surface area contributed by atoms with Gasteiger partial charge < -0.3 is 15.8 Å². The van der Waals surface area contributed by atoms with Gasteiger partial charge in [-0.3, -0.25) is 9.69 Å². The molecule has 13 heavy (non-hydrogen) atoms. The van der Waals surface area contributed by atoms with Gasteiger partial charge in [-0.05, 0) is 0 Å². The molecule has 76 valence electrons. The van der Waals surface area contributed by atoms with Crippen molar-refractivity contribution in [3.8, 4) is 0 Å². The van der Waals surface area contributed by atoms with Gasteiger partial charge >= 0.3 is 0 Å². The molecule has 1 saturated heterocycles. The number of ether oxygens (including phenoxy) is 1. The predicted octanol–water partition coefficient (Wildman–Crippen LogP) is -1.61. The molecule has 1 aliphatic heterocycles. The molecule has 0 bridgehead atoms. The quantitative estimate of drug-likeness (QED) is 0.508. The summed E-state index contributed by atoms with van der Waals surface area (Å²) in [5.74, 6) is -0.304. The number of hydrogen-bond acceptors (Lipinski definition) is 4. The summed E-state index contributed by atoms with van der Waals surface area (Å²) in [5.41, 5.74) is 4.98. The first-order valence-corrected chi connectivity index (χ1v) is 4.58. The summed E-state index contributed by atoms with van der Waals surface area (Å²) in [4.78, 5) is 12.7. The maximum atomic E-state index is 10.4. The van der Waals surface area contributed by atoms with Gasteiger partial charge in [-0.25, -0.2) is 0 Å². The molecule has 0 aromatic carbocycles. The van der Waals surface area contributed by atoms with E-state index in [-0.39, 0.29) is 12.5 Å². The van der Waals surface area contributed by atoms with Gasteiger partial charge in [0.05, 0.1) is 19.8 Å². The second-order valence-electron chi connectivity index (χ2n) is 3.10. The van der Waals surface area contributed by atoms with E-state index in [0.29, 0.717) is 0 Å². The number of morpholine rings is 1. The van der Waals surface area contributed by atoms with Gasteiger partial charge in [0, 0.05) is 26.2 Å². The molecule has 1 rings (SSSR count). The Morgan fingerprint density at radius 1 is 1.46 bits per heavy atom. The molecule has 0 aliphatic carbocycles. The van der Waals surface area contributed by atoms with Crippen molar-refractivity contribution in [2.24, 2.45) is 5.73 Å². The molecule has 0 aromatic rings. The number of nitrogens with zero attached hydrogens (tertiary/aromatic N) is 1. The zero-order valence-corrected chi connectivity index (χ0v) is 7.79. The van der Waals surface area contributed by atoms with Gasteiger partial charge in [-0.1, -0.05) is 0 Å². The molecule has 1 amide bonds. The standard InChI is InChI=1S/C8H17N3O2/c9-8(12)7-10-1-2-11-3-5-13-6-4-11/h10H,1-7H2,(H2,9,12). The third kappa shape index (κ3) is 4.82. The first-order valence-electron chi connectivity index (χ1n) is 4.58. The normalized spacial score (nSPS) is 18.8. The number of nitrogens with one attached hydrogen (secondary N) is 1. The molecular weight excluding hydrogens is 170 g/mol. The van der Waals surface area contributed by atoms with Crippen molar-refractivity contribution in [2.45, 2.75) is 0 Å². The molecule has 0 unspecified atom stereocenters. The highest BCUT2D eigenvalue weighted by atomic mass is 16.5. The number of rotatable bonds is 5. The zero-order valence-electron chi connectivity index (χ0n) is 7.79. The molecule has 3 N–H and O–H groups in total. The molecular formula is C8H17N3O2. The number of carbonyl (C=O) groups is 1. The molecule has 5 nitrogen and oxygen atoms in total. The van der Waals surface area contributed by atoms with E-state index in [1.807, 2.05) is 0 Å². The molecule has 0 atom stereocenters. The summed E-state index contributed by atoms with van der Waals surface area (Å²) < 4.78 is 5.21. The molecule has 0 spiro atoms. The minimum atomic E-state index is -0.304. The SMILES string of the molecule is NC(=O)CNCCN1CCOCC1. The van der Waals surface area contributed by atoms with Gasteiger partial charge in [-0.15, -0.1) is 0 Å². The lowest BCUT2D eigenvalue weighted by molar-refractivity contribution is -0.117.